The van der Waals surface area contributed by atoms with Crippen molar-refractivity contribution in [1.29, 1.82) is 0 Å². The molecule has 0 atom stereocenters. The van der Waals surface area contributed by atoms with E-state index in [9.17, 15) is 4.79 Å². The zero-order chi connectivity index (χ0) is 16.1. The zero-order valence-corrected chi connectivity index (χ0v) is 15.1. The monoisotopic (exact) mass is 298 g/mol. The molecule has 3 heteroatoms. The Kier molecular flexibility index (Phi) is 11.7. The molecule has 1 amide bonds. The molecule has 0 aliphatic heterocycles. The Labute approximate surface area is 132 Å². The molecule has 0 saturated carbocycles. The predicted octanol–water partition coefficient (Wildman–Crippen LogP) is 4.36. The van der Waals surface area contributed by atoms with Crippen LogP contribution in [0.1, 0.15) is 86.0 Å². The van der Waals surface area contributed by atoms with Gasteiger partial charge >= 0.3 is 0 Å². The van der Waals surface area contributed by atoms with Crippen LogP contribution in [-0.4, -0.2) is 36.0 Å². The molecule has 3 nitrogen and oxygen atoms in total. The van der Waals surface area contributed by atoms with E-state index in [1.54, 1.807) is 0 Å². The Morgan fingerprint density at radius 2 is 1.33 bits per heavy atom. The summed E-state index contributed by atoms with van der Waals surface area (Å²) in [5.74, 6) is 0.262. The first-order valence-corrected chi connectivity index (χ1v) is 8.93. The second-order valence-electron chi connectivity index (χ2n) is 7.11. The third-order valence-electron chi connectivity index (χ3n) is 3.69. The Morgan fingerprint density at radius 3 is 1.71 bits per heavy atom. The third-order valence-corrected chi connectivity index (χ3v) is 3.69. The number of unbranched alkanes of at least 4 members (excludes halogenated alkanes) is 6. The molecule has 0 saturated heterocycles. The summed E-state index contributed by atoms with van der Waals surface area (Å²) in [5, 5.41) is 3.31. The number of amides is 1. The number of carbonyl (C=O) groups excluding carboxylic acids is 1. The van der Waals surface area contributed by atoms with E-state index in [2.05, 4.69) is 44.8 Å². The number of nitrogens with zero attached hydrogens (tertiary/aromatic N) is 1. The normalized spacial score (nSPS) is 11.7. The van der Waals surface area contributed by atoms with E-state index in [0.29, 0.717) is 6.54 Å². The molecule has 0 aliphatic rings. The SMILES string of the molecule is CCCCCCN(CCCCCC)C(=O)CNC(C)(C)C. The molecule has 1 N–H and O–H groups in total. The first-order valence-electron chi connectivity index (χ1n) is 8.93. The zero-order valence-electron chi connectivity index (χ0n) is 15.1. The average molecular weight is 299 g/mol. The lowest BCUT2D eigenvalue weighted by Crippen LogP contribution is -2.45. The van der Waals surface area contributed by atoms with Crippen LogP contribution in [0, 0.1) is 0 Å². The van der Waals surface area contributed by atoms with E-state index < -0.39 is 0 Å². The highest BCUT2D eigenvalue weighted by atomic mass is 16.2. The minimum Gasteiger partial charge on any atom is -0.342 e. The quantitative estimate of drug-likeness (QED) is 0.543. The minimum absolute atomic E-state index is 0.00571. The summed E-state index contributed by atoms with van der Waals surface area (Å²) in [6.45, 7) is 13.1. The molecule has 21 heavy (non-hydrogen) atoms. The van der Waals surface area contributed by atoms with E-state index >= 15 is 0 Å². The Balaban J connectivity index is 4.16. The maximum atomic E-state index is 12.4. The van der Waals surface area contributed by atoms with E-state index in [1.165, 1.54) is 38.5 Å². The highest BCUT2D eigenvalue weighted by molar-refractivity contribution is 5.78. The number of nitrogens with one attached hydrogen (secondary N) is 1. The van der Waals surface area contributed by atoms with Crippen LogP contribution in [0.2, 0.25) is 0 Å². The summed E-state index contributed by atoms with van der Waals surface area (Å²) in [5.41, 5.74) is 0.00571. The van der Waals surface area contributed by atoms with Crippen LogP contribution in [0.25, 0.3) is 0 Å². The van der Waals surface area contributed by atoms with Crippen molar-refractivity contribution in [2.24, 2.45) is 0 Å². The van der Waals surface area contributed by atoms with Gasteiger partial charge in [0, 0.05) is 18.6 Å². The van der Waals surface area contributed by atoms with E-state index in [4.69, 9.17) is 0 Å². The fourth-order valence-electron chi connectivity index (χ4n) is 2.27. The highest BCUT2D eigenvalue weighted by Gasteiger charge is 2.16. The summed E-state index contributed by atoms with van der Waals surface area (Å²) in [4.78, 5) is 14.5. The van der Waals surface area contributed by atoms with Gasteiger partial charge in [0.05, 0.1) is 6.54 Å². The Morgan fingerprint density at radius 1 is 0.857 bits per heavy atom. The lowest BCUT2D eigenvalue weighted by molar-refractivity contribution is -0.130. The van der Waals surface area contributed by atoms with E-state index in [-0.39, 0.29) is 11.4 Å². The Hall–Kier alpha value is -0.570. The smallest absolute Gasteiger partial charge is 0.236 e. The molecule has 0 aliphatic carbocycles. The molecule has 0 unspecified atom stereocenters. The number of carbonyl (C=O) groups is 1. The van der Waals surface area contributed by atoms with Crippen molar-refractivity contribution in [3.8, 4) is 0 Å². The van der Waals surface area contributed by atoms with Gasteiger partial charge < -0.3 is 10.2 Å². The van der Waals surface area contributed by atoms with Crippen molar-refractivity contribution < 1.29 is 4.79 Å². The molecule has 0 spiro atoms. The number of hydrogen-bond acceptors (Lipinski definition) is 2. The molecule has 0 rings (SSSR count). The molecule has 0 aromatic rings. The lowest BCUT2D eigenvalue weighted by atomic mass is 10.1. The fraction of sp³-hybridized carbons (Fsp3) is 0.944. The Bertz CT molecular complexity index is 246. The van der Waals surface area contributed by atoms with Crippen molar-refractivity contribution in [3.63, 3.8) is 0 Å². The molecule has 0 fully saturated rings. The molecule has 126 valence electrons. The first kappa shape index (κ1) is 20.4. The van der Waals surface area contributed by atoms with Crippen molar-refractivity contribution in [2.45, 2.75) is 91.5 Å². The summed E-state index contributed by atoms with van der Waals surface area (Å²) >= 11 is 0. The summed E-state index contributed by atoms with van der Waals surface area (Å²) in [7, 11) is 0. The van der Waals surface area contributed by atoms with Crippen molar-refractivity contribution >= 4 is 5.91 Å². The molecule has 0 heterocycles. The van der Waals surface area contributed by atoms with Gasteiger partial charge in [-0.2, -0.15) is 0 Å². The van der Waals surface area contributed by atoms with Crippen LogP contribution in [0.15, 0.2) is 0 Å². The molecule has 0 aromatic carbocycles. The third kappa shape index (κ3) is 12.9. The van der Waals surface area contributed by atoms with Gasteiger partial charge in [0.1, 0.15) is 0 Å². The highest BCUT2D eigenvalue weighted by Crippen LogP contribution is 2.06. The van der Waals surface area contributed by atoms with Crippen molar-refractivity contribution in [1.82, 2.24) is 10.2 Å². The largest absolute Gasteiger partial charge is 0.342 e. The summed E-state index contributed by atoms with van der Waals surface area (Å²) in [6, 6.07) is 0. The molecular formula is C18H38N2O. The maximum absolute atomic E-state index is 12.4. The molecule has 0 radical (unpaired) electrons. The number of rotatable bonds is 12. The van der Waals surface area contributed by atoms with Crippen LogP contribution in [0.4, 0.5) is 0 Å². The van der Waals surface area contributed by atoms with Crippen LogP contribution in [-0.2, 0) is 4.79 Å². The standard InChI is InChI=1S/C18H38N2O/c1-6-8-10-12-14-20(15-13-11-9-7-2)17(21)16-19-18(3,4)5/h19H,6-16H2,1-5H3. The van der Waals surface area contributed by atoms with Crippen molar-refractivity contribution in [2.75, 3.05) is 19.6 Å². The average Bonchev–Trinajstić information content (AvgIpc) is 2.42. The van der Waals surface area contributed by atoms with Gasteiger partial charge in [0.2, 0.25) is 5.91 Å². The predicted molar refractivity (Wildman–Crippen MR) is 92.6 cm³/mol. The lowest BCUT2D eigenvalue weighted by Gasteiger charge is -2.26. The van der Waals surface area contributed by atoms with Gasteiger partial charge in [-0.05, 0) is 33.6 Å². The molecular weight excluding hydrogens is 260 g/mol. The van der Waals surface area contributed by atoms with Crippen LogP contribution in [0.5, 0.6) is 0 Å². The first-order chi connectivity index (χ1) is 9.90. The van der Waals surface area contributed by atoms with Crippen LogP contribution >= 0.6 is 0 Å². The minimum atomic E-state index is 0.00571. The maximum Gasteiger partial charge on any atom is 0.236 e. The topological polar surface area (TPSA) is 32.3 Å². The number of hydrogen-bond donors (Lipinski definition) is 1. The van der Waals surface area contributed by atoms with Gasteiger partial charge in [0.15, 0.2) is 0 Å². The van der Waals surface area contributed by atoms with Crippen LogP contribution in [0.3, 0.4) is 0 Å². The van der Waals surface area contributed by atoms with Gasteiger partial charge in [-0.1, -0.05) is 52.4 Å². The molecule has 0 aromatic heterocycles. The molecule has 0 bridgehead atoms. The van der Waals surface area contributed by atoms with Gasteiger partial charge in [-0.25, -0.2) is 0 Å². The van der Waals surface area contributed by atoms with Gasteiger partial charge in [0.25, 0.3) is 0 Å². The van der Waals surface area contributed by atoms with Crippen LogP contribution < -0.4 is 5.32 Å². The fourth-order valence-corrected chi connectivity index (χ4v) is 2.27. The summed E-state index contributed by atoms with van der Waals surface area (Å²) < 4.78 is 0. The second kappa shape index (κ2) is 12.0. The van der Waals surface area contributed by atoms with Crippen molar-refractivity contribution in [3.05, 3.63) is 0 Å². The van der Waals surface area contributed by atoms with Gasteiger partial charge in [-0.15, -0.1) is 0 Å². The van der Waals surface area contributed by atoms with E-state index in [0.717, 1.165) is 25.9 Å². The van der Waals surface area contributed by atoms with E-state index in [1.807, 2.05) is 0 Å². The second-order valence-corrected chi connectivity index (χ2v) is 7.11. The van der Waals surface area contributed by atoms with Gasteiger partial charge in [-0.3, -0.25) is 4.79 Å². The summed E-state index contributed by atoms with van der Waals surface area (Å²) in [6.07, 6.45) is 9.80.